The van der Waals surface area contributed by atoms with Gasteiger partial charge in [-0.15, -0.1) is 0 Å². The molecule has 1 N–H and O–H groups in total. The van der Waals surface area contributed by atoms with E-state index in [9.17, 15) is 4.79 Å². The SMILES string of the molecule is CC(=O)NC1CCN(c2cc(-c3ccc(C)c(Cl)c3)ncn2)CC1. The average molecular weight is 345 g/mol. The highest BCUT2D eigenvalue weighted by atomic mass is 35.5. The molecular formula is C18H21ClN4O. The molecule has 1 amide bonds. The molecule has 0 unspecified atom stereocenters. The van der Waals surface area contributed by atoms with E-state index in [4.69, 9.17) is 11.6 Å². The maximum Gasteiger partial charge on any atom is 0.217 e. The van der Waals surface area contributed by atoms with Gasteiger partial charge in [0, 0.05) is 42.7 Å². The van der Waals surface area contributed by atoms with Gasteiger partial charge in [-0.2, -0.15) is 0 Å². The summed E-state index contributed by atoms with van der Waals surface area (Å²) in [5.74, 6) is 0.951. The fourth-order valence-corrected chi connectivity index (χ4v) is 3.15. The molecule has 126 valence electrons. The molecule has 0 bridgehead atoms. The van der Waals surface area contributed by atoms with E-state index >= 15 is 0 Å². The van der Waals surface area contributed by atoms with Crippen molar-refractivity contribution < 1.29 is 4.79 Å². The van der Waals surface area contributed by atoms with E-state index in [1.165, 1.54) is 0 Å². The molecule has 5 nitrogen and oxygen atoms in total. The van der Waals surface area contributed by atoms with Gasteiger partial charge in [0.15, 0.2) is 0 Å². The number of amides is 1. The van der Waals surface area contributed by atoms with E-state index in [2.05, 4.69) is 20.2 Å². The first-order chi connectivity index (χ1) is 11.5. The number of halogens is 1. The number of nitrogens with zero attached hydrogens (tertiary/aromatic N) is 3. The Morgan fingerprint density at radius 1 is 1.25 bits per heavy atom. The Kier molecular flexibility index (Phi) is 5.00. The van der Waals surface area contributed by atoms with Gasteiger partial charge in [0.25, 0.3) is 0 Å². The highest BCUT2D eigenvalue weighted by molar-refractivity contribution is 6.31. The lowest BCUT2D eigenvalue weighted by Gasteiger charge is -2.33. The van der Waals surface area contributed by atoms with Crippen molar-refractivity contribution in [2.45, 2.75) is 32.7 Å². The van der Waals surface area contributed by atoms with Crippen LogP contribution >= 0.6 is 11.6 Å². The lowest BCUT2D eigenvalue weighted by atomic mass is 10.0. The van der Waals surface area contributed by atoms with Crippen molar-refractivity contribution in [1.82, 2.24) is 15.3 Å². The summed E-state index contributed by atoms with van der Waals surface area (Å²) in [6.07, 6.45) is 3.45. The molecule has 0 spiro atoms. The monoisotopic (exact) mass is 344 g/mol. The number of piperidine rings is 1. The molecule has 1 saturated heterocycles. The van der Waals surface area contributed by atoms with Crippen molar-refractivity contribution >= 4 is 23.3 Å². The number of carbonyl (C=O) groups is 1. The molecule has 0 radical (unpaired) electrons. The van der Waals surface area contributed by atoms with Gasteiger partial charge >= 0.3 is 0 Å². The van der Waals surface area contributed by atoms with E-state index in [-0.39, 0.29) is 11.9 Å². The van der Waals surface area contributed by atoms with Crippen LogP contribution in [0.3, 0.4) is 0 Å². The summed E-state index contributed by atoms with van der Waals surface area (Å²) in [6, 6.07) is 8.22. The van der Waals surface area contributed by atoms with Crippen LogP contribution in [-0.2, 0) is 4.79 Å². The number of anilines is 1. The standard InChI is InChI=1S/C18H21ClN4O/c1-12-3-4-14(9-16(12)19)17-10-18(21-11-20-17)23-7-5-15(6-8-23)22-13(2)24/h3-4,9-11,15H,5-8H2,1-2H3,(H,22,24). The van der Waals surface area contributed by atoms with Gasteiger partial charge in [-0.1, -0.05) is 23.7 Å². The number of hydrogen-bond acceptors (Lipinski definition) is 4. The summed E-state index contributed by atoms with van der Waals surface area (Å²) in [6.45, 7) is 5.29. The minimum absolute atomic E-state index is 0.0361. The average Bonchev–Trinajstić information content (AvgIpc) is 2.58. The molecule has 1 aromatic carbocycles. The van der Waals surface area contributed by atoms with Gasteiger partial charge in [-0.3, -0.25) is 4.79 Å². The van der Waals surface area contributed by atoms with Crippen molar-refractivity contribution in [1.29, 1.82) is 0 Å². The van der Waals surface area contributed by atoms with Gasteiger partial charge in [-0.25, -0.2) is 9.97 Å². The second-order valence-electron chi connectivity index (χ2n) is 6.19. The molecule has 2 heterocycles. The van der Waals surface area contributed by atoms with Crippen LogP contribution in [0.2, 0.25) is 5.02 Å². The van der Waals surface area contributed by atoms with Crippen LogP contribution in [0, 0.1) is 6.92 Å². The maximum absolute atomic E-state index is 11.2. The first-order valence-electron chi connectivity index (χ1n) is 8.13. The normalized spacial score (nSPS) is 15.4. The minimum Gasteiger partial charge on any atom is -0.356 e. The van der Waals surface area contributed by atoms with E-state index < -0.39 is 0 Å². The van der Waals surface area contributed by atoms with Crippen LogP contribution in [0.15, 0.2) is 30.6 Å². The third kappa shape index (κ3) is 3.85. The van der Waals surface area contributed by atoms with Gasteiger partial charge < -0.3 is 10.2 Å². The molecule has 1 aromatic heterocycles. The summed E-state index contributed by atoms with van der Waals surface area (Å²) in [5.41, 5.74) is 2.91. The molecule has 1 aliphatic heterocycles. The van der Waals surface area contributed by atoms with Crippen LogP contribution in [0.5, 0.6) is 0 Å². The van der Waals surface area contributed by atoms with Crippen LogP contribution in [0.1, 0.15) is 25.3 Å². The first kappa shape index (κ1) is 16.7. The highest BCUT2D eigenvalue weighted by Crippen LogP contribution is 2.26. The lowest BCUT2D eigenvalue weighted by molar-refractivity contribution is -0.119. The zero-order valence-corrected chi connectivity index (χ0v) is 14.7. The third-order valence-electron chi connectivity index (χ3n) is 4.35. The predicted molar refractivity (Wildman–Crippen MR) is 96.3 cm³/mol. The first-order valence-corrected chi connectivity index (χ1v) is 8.51. The Morgan fingerprint density at radius 2 is 2.00 bits per heavy atom. The number of rotatable bonds is 3. The number of aryl methyl sites for hydroxylation is 1. The van der Waals surface area contributed by atoms with Gasteiger partial charge in [0.1, 0.15) is 12.1 Å². The van der Waals surface area contributed by atoms with Crippen molar-refractivity contribution in [2.24, 2.45) is 0 Å². The summed E-state index contributed by atoms with van der Waals surface area (Å²) in [4.78, 5) is 22.2. The Morgan fingerprint density at radius 3 is 2.67 bits per heavy atom. The number of aromatic nitrogens is 2. The van der Waals surface area contributed by atoms with Crippen LogP contribution in [0.25, 0.3) is 11.3 Å². The van der Waals surface area contributed by atoms with E-state index in [0.29, 0.717) is 0 Å². The van der Waals surface area contributed by atoms with Crippen molar-refractivity contribution in [3.8, 4) is 11.3 Å². The molecule has 3 rings (SSSR count). The molecular weight excluding hydrogens is 324 g/mol. The maximum atomic E-state index is 11.2. The Hall–Kier alpha value is -2.14. The van der Waals surface area contributed by atoms with Crippen molar-refractivity contribution in [3.05, 3.63) is 41.2 Å². The summed E-state index contributed by atoms with van der Waals surface area (Å²) >= 11 is 6.22. The Bertz CT molecular complexity index is 742. The third-order valence-corrected chi connectivity index (χ3v) is 4.75. The minimum atomic E-state index is 0.0361. The second-order valence-corrected chi connectivity index (χ2v) is 6.59. The molecule has 6 heteroatoms. The molecule has 1 aliphatic rings. The number of benzene rings is 1. The van der Waals surface area contributed by atoms with Crippen LogP contribution in [-0.4, -0.2) is 35.0 Å². The highest BCUT2D eigenvalue weighted by Gasteiger charge is 2.21. The molecule has 0 aliphatic carbocycles. The quantitative estimate of drug-likeness (QED) is 0.928. The topological polar surface area (TPSA) is 58.1 Å². The number of hydrogen-bond donors (Lipinski definition) is 1. The van der Waals surface area contributed by atoms with Crippen LogP contribution in [0.4, 0.5) is 5.82 Å². The second kappa shape index (κ2) is 7.18. The zero-order chi connectivity index (χ0) is 17.1. The Labute approximate surface area is 147 Å². The molecule has 0 saturated carbocycles. The largest absolute Gasteiger partial charge is 0.356 e. The number of nitrogens with one attached hydrogen (secondary N) is 1. The molecule has 2 aromatic rings. The summed E-state index contributed by atoms with van der Waals surface area (Å²) in [7, 11) is 0. The smallest absolute Gasteiger partial charge is 0.217 e. The van der Waals surface area contributed by atoms with Gasteiger partial charge in [0.05, 0.1) is 5.69 Å². The van der Waals surface area contributed by atoms with E-state index in [1.807, 2.05) is 31.2 Å². The Balaban J connectivity index is 1.74. The lowest BCUT2D eigenvalue weighted by Crippen LogP contribution is -2.44. The summed E-state index contributed by atoms with van der Waals surface area (Å²) in [5, 5.41) is 3.73. The van der Waals surface area contributed by atoms with Gasteiger partial charge in [0.2, 0.25) is 5.91 Å². The van der Waals surface area contributed by atoms with Crippen molar-refractivity contribution in [3.63, 3.8) is 0 Å². The van der Waals surface area contributed by atoms with E-state index in [0.717, 1.165) is 53.6 Å². The predicted octanol–water partition coefficient (Wildman–Crippen LogP) is 3.21. The fraction of sp³-hybridized carbons (Fsp3) is 0.389. The van der Waals surface area contributed by atoms with Crippen molar-refractivity contribution in [2.75, 3.05) is 18.0 Å². The fourth-order valence-electron chi connectivity index (χ4n) is 2.97. The van der Waals surface area contributed by atoms with Gasteiger partial charge in [-0.05, 0) is 31.4 Å². The molecule has 24 heavy (non-hydrogen) atoms. The van der Waals surface area contributed by atoms with E-state index in [1.54, 1.807) is 13.3 Å². The zero-order valence-electron chi connectivity index (χ0n) is 13.9. The molecule has 0 atom stereocenters. The molecule has 1 fully saturated rings. The van der Waals surface area contributed by atoms with Crippen LogP contribution < -0.4 is 10.2 Å². The summed E-state index contributed by atoms with van der Waals surface area (Å²) < 4.78 is 0. The number of carbonyl (C=O) groups excluding carboxylic acids is 1.